The fourth-order valence-electron chi connectivity index (χ4n) is 2.44. The molecule has 0 saturated carbocycles. The van der Waals surface area contributed by atoms with Crippen LogP contribution in [0.2, 0.25) is 0 Å². The van der Waals surface area contributed by atoms with E-state index in [1.54, 1.807) is 35.1 Å². The molecular formula is C18H23N3O3. The Balaban J connectivity index is 1.88. The van der Waals surface area contributed by atoms with Gasteiger partial charge in [0, 0.05) is 25.2 Å². The van der Waals surface area contributed by atoms with Crippen molar-refractivity contribution >= 4 is 11.7 Å². The summed E-state index contributed by atoms with van der Waals surface area (Å²) in [6.45, 7) is 3.75. The van der Waals surface area contributed by atoms with E-state index in [2.05, 4.69) is 10.4 Å². The third-order valence-electron chi connectivity index (χ3n) is 3.83. The van der Waals surface area contributed by atoms with Crippen LogP contribution < -0.4 is 10.1 Å². The monoisotopic (exact) mass is 329 g/mol. The number of hydrogen-bond donors (Lipinski definition) is 1. The molecule has 128 valence electrons. The first-order chi connectivity index (χ1) is 11.5. The molecule has 1 atom stereocenters. The van der Waals surface area contributed by atoms with Crippen molar-refractivity contribution in [2.24, 2.45) is 7.05 Å². The lowest BCUT2D eigenvalue weighted by molar-refractivity contribution is -0.123. The van der Waals surface area contributed by atoms with Gasteiger partial charge in [-0.2, -0.15) is 5.10 Å². The Hall–Kier alpha value is -2.63. The van der Waals surface area contributed by atoms with Crippen molar-refractivity contribution in [3.8, 4) is 5.75 Å². The quantitative estimate of drug-likeness (QED) is 0.756. The van der Waals surface area contributed by atoms with Crippen LogP contribution in [0.5, 0.6) is 5.75 Å². The van der Waals surface area contributed by atoms with Crippen molar-refractivity contribution in [1.29, 1.82) is 0 Å². The molecule has 2 aromatic rings. The highest BCUT2D eigenvalue weighted by molar-refractivity contribution is 5.95. The average molecular weight is 329 g/mol. The van der Waals surface area contributed by atoms with Crippen LogP contribution in [0.4, 0.5) is 0 Å². The molecule has 0 saturated heterocycles. The van der Waals surface area contributed by atoms with Gasteiger partial charge in [0.15, 0.2) is 12.4 Å². The molecule has 1 aromatic heterocycles. The Bertz CT molecular complexity index is 692. The molecule has 1 aromatic carbocycles. The van der Waals surface area contributed by atoms with E-state index in [4.69, 9.17) is 4.74 Å². The summed E-state index contributed by atoms with van der Waals surface area (Å²) < 4.78 is 7.23. The number of Topliss-reactive ketones (excluding diaryl/α,β-unsaturated/α-hetero) is 1. The van der Waals surface area contributed by atoms with Crippen molar-refractivity contribution in [2.45, 2.75) is 32.7 Å². The van der Waals surface area contributed by atoms with Gasteiger partial charge >= 0.3 is 0 Å². The van der Waals surface area contributed by atoms with Crippen LogP contribution >= 0.6 is 0 Å². The normalized spacial score (nSPS) is 11.8. The Morgan fingerprint density at radius 1 is 1.21 bits per heavy atom. The molecule has 0 radical (unpaired) electrons. The number of ether oxygens (including phenoxy) is 1. The van der Waals surface area contributed by atoms with Crippen molar-refractivity contribution in [3.05, 3.63) is 47.8 Å². The van der Waals surface area contributed by atoms with Crippen LogP contribution in [0, 0.1) is 0 Å². The first-order valence-electron chi connectivity index (χ1n) is 8.08. The van der Waals surface area contributed by atoms with E-state index in [-0.39, 0.29) is 24.3 Å². The molecule has 1 amide bonds. The average Bonchev–Trinajstić information content (AvgIpc) is 3.03. The van der Waals surface area contributed by atoms with Crippen LogP contribution in [-0.4, -0.2) is 28.1 Å². The Morgan fingerprint density at radius 2 is 1.92 bits per heavy atom. The summed E-state index contributed by atoms with van der Waals surface area (Å²) in [5, 5.41) is 7.06. The van der Waals surface area contributed by atoms with Gasteiger partial charge in [-0.3, -0.25) is 14.3 Å². The number of ketones is 1. The first kappa shape index (κ1) is 17.7. The number of nitrogens with zero attached hydrogens (tertiary/aromatic N) is 2. The van der Waals surface area contributed by atoms with Crippen molar-refractivity contribution < 1.29 is 14.3 Å². The lowest BCUT2D eigenvalue weighted by atomic mass is 10.1. The van der Waals surface area contributed by atoms with Crippen LogP contribution in [0.3, 0.4) is 0 Å². The molecule has 0 bridgehead atoms. The summed E-state index contributed by atoms with van der Waals surface area (Å²) in [6, 6.07) is 8.62. The maximum absolute atomic E-state index is 12.1. The number of carbonyl (C=O) groups is 2. The lowest BCUT2D eigenvalue weighted by Gasteiger charge is -2.17. The van der Waals surface area contributed by atoms with Gasteiger partial charge in [-0.05, 0) is 36.8 Å². The zero-order valence-electron chi connectivity index (χ0n) is 14.3. The standard InChI is InChI=1S/C18H23N3O3/c1-4-15(16-10-11-19-21(16)3)20-18(23)12-24-14-8-6-13(7-9-14)17(22)5-2/h6-11,15H,4-5,12H2,1-3H3,(H,20,23)/t15-/m0/s1. The second-order valence-corrected chi connectivity index (χ2v) is 5.50. The number of aryl methyl sites for hydroxylation is 1. The predicted molar refractivity (Wildman–Crippen MR) is 90.9 cm³/mol. The highest BCUT2D eigenvalue weighted by Gasteiger charge is 2.16. The van der Waals surface area contributed by atoms with E-state index in [0.717, 1.165) is 12.1 Å². The Morgan fingerprint density at radius 3 is 2.46 bits per heavy atom. The van der Waals surface area contributed by atoms with Gasteiger partial charge in [0.2, 0.25) is 0 Å². The molecule has 2 rings (SSSR count). The van der Waals surface area contributed by atoms with E-state index >= 15 is 0 Å². The second kappa shape index (κ2) is 8.29. The van der Waals surface area contributed by atoms with Gasteiger partial charge in [0.25, 0.3) is 5.91 Å². The molecule has 0 aliphatic carbocycles. The number of amides is 1. The van der Waals surface area contributed by atoms with Crippen LogP contribution in [0.15, 0.2) is 36.5 Å². The molecular weight excluding hydrogens is 306 g/mol. The van der Waals surface area contributed by atoms with E-state index in [1.807, 2.05) is 27.0 Å². The van der Waals surface area contributed by atoms with Gasteiger partial charge in [-0.1, -0.05) is 13.8 Å². The van der Waals surface area contributed by atoms with E-state index < -0.39 is 0 Å². The molecule has 0 unspecified atom stereocenters. The van der Waals surface area contributed by atoms with Gasteiger partial charge in [-0.15, -0.1) is 0 Å². The molecule has 1 N–H and O–H groups in total. The summed E-state index contributed by atoms with van der Waals surface area (Å²) in [5.41, 5.74) is 1.60. The first-order valence-corrected chi connectivity index (χ1v) is 8.08. The SMILES string of the molecule is CCC(=O)c1ccc(OCC(=O)N[C@@H](CC)c2ccnn2C)cc1. The van der Waals surface area contributed by atoms with Crippen LogP contribution in [-0.2, 0) is 11.8 Å². The molecule has 0 spiro atoms. The molecule has 0 fully saturated rings. The minimum absolute atomic E-state index is 0.0740. The number of nitrogens with one attached hydrogen (secondary N) is 1. The topological polar surface area (TPSA) is 73.2 Å². The molecule has 6 nitrogen and oxygen atoms in total. The van der Waals surface area contributed by atoms with Crippen LogP contribution in [0.1, 0.15) is 48.8 Å². The molecule has 0 aliphatic heterocycles. The van der Waals surface area contributed by atoms with Crippen LogP contribution in [0.25, 0.3) is 0 Å². The summed E-state index contributed by atoms with van der Waals surface area (Å²) in [4.78, 5) is 23.7. The minimum Gasteiger partial charge on any atom is -0.484 e. The van der Waals surface area contributed by atoms with Crippen molar-refractivity contribution in [2.75, 3.05) is 6.61 Å². The third kappa shape index (κ3) is 4.44. The number of benzene rings is 1. The van der Waals surface area contributed by atoms with E-state index in [9.17, 15) is 9.59 Å². The number of carbonyl (C=O) groups excluding carboxylic acids is 2. The fraction of sp³-hybridized carbons (Fsp3) is 0.389. The zero-order chi connectivity index (χ0) is 17.5. The number of hydrogen-bond acceptors (Lipinski definition) is 4. The van der Waals surface area contributed by atoms with Crippen molar-refractivity contribution in [1.82, 2.24) is 15.1 Å². The largest absolute Gasteiger partial charge is 0.484 e. The Kier molecular flexibility index (Phi) is 6.12. The number of rotatable bonds is 8. The van der Waals surface area contributed by atoms with E-state index in [0.29, 0.717) is 17.7 Å². The van der Waals surface area contributed by atoms with Gasteiger partial charge in [-0.25, -0.2) is 0 Å². The Labute approximate surface area is 141 Å². The van der Waals surface area contributed by atoms with Gasteiger partial charge < -0.3 is 10.1 Å². The molecule has 6 heteroatoms. The smallest absolute Gasteiger partial charge is 0.258 e. The van der Waals surface area contributed by atoms with Gasteiger partial charge in [0.1, 0.15) is 5.75 Å². The fourth-order valence-corrected chi connectivity index (χ4v) is 2.44. The summed E-state index contributed by atoms with van der Waals surface area (Å²) in [7, 11) is 1.85. The molecule has 24 heavy (non-hydrogen) atoms. The van der Waals surface area contributed by atoms with Gasteiger partial charge in [0.05, 0.1) is 11.7 Å². The lowest BCUT2D eigenvalue weighted by Crippen LogP contribution is -2.33. The molecule has 1 heterocycles. The maximum Gasteiger partial charge on any atom is 0.258 e. The predicted octanol–water partition coefficient (Wildman–Crippen LogP) is 2.66. The summed E-state index contributed by atoms with van der Waals surface area (Å²) >= 11 is 0. The minimum atomic E-state index is -0.197. The number of aromatic nitrogens is 2. The van der Waals surface area contributed by atoms with Crippen molar-refractivity contribution in [3.63, 3.8) is 0 Å². The highest BCUT2D eigenvalue weighted by Crippen LogP contribution is 2.16. The highest BCUT2D eigenvalue weighted by atomic mass is 16.5. The summed E-state index contributed by atoms with van der Waals surface area (Å²) in [5.74, 6) is 0.449. The second-order valence-electron chi connectivity index (χ2n) is 5.50. The third-order valence-corrected chi connectivity index (χ3v) is 3.83. The van der Waals surface area contributed by atoms with E-state index in [1.165, 1.54) is 0 Å². The zero-order valence-corrected chi connectivity index (χ0v) is 14.3. The molecule has 0 aliphatic rings. The summed E-state index contributed by atoms with van der Waals surface area (Å²) in [6.07, 6.45) is 2.94. The maximum atomic E-state index is 12.1.